The van der Waals surface area contributed by atoms with Crippen LogP contribution < -0.4 is 21.3 Å². The molecule has 2 aliphatic rings. The van der Waals surface area contributed by atoms with Crippen molar-refractivity contribution in [3.05, 3.63) is 40.9 Å². The molecular weight excluding hydrogens is 496 g/mol. The SMILES string of the molecule is CC(C)(C)C[C@H](NC(=O)/C=C/c1ccc(Cl)cc1)C(=O)NC(C[C@@H]1CCNC1=O)C(=O)C(=O)NC1CC1. The van der Waals surface area contributed by atoms with Gasteiger partial charge in [-0.25, -0.2) is 0 Å². The molecule has 1 unspecified atom stereocenters. The summed E-state index contributed by atoms with van der Waals surface area (Å²) in [7, 11) is 0. The topological polar surface area (TPSA) is 133 Å². The molecule has 9 nitrogen and oxygen atoms in total. The number of amides is 4. The molecule has 200 valence electrons. The lowest BCUT2D eigenvalue weighted by Gasteiger charge is -2.28. The van der Waals surface area contributed by atoms with Crippen molar-refractivity contribution in [1.29, 1.82) is 0 Å². The Morgan fingerprint density at radius 2 is 1.73 bits per heavy atom. The minimum atomic E-state index is -1.18. The van der Waals surface area contributed by atoms with Crippen LogP contribution in [0.1, 0.15) is 58.4 Å². The highest BCUT2D eigenvalue weighted by Gasteiger charge is 2.37. The van der Waals surface area contributed by atoms with Gasteiger partial charge in [0, 0.05) is 29.6 Å². The van der Waals surface area contributed by atoms with Crippen molar-refractivity contribution in [3.8, 4) is 0 Å². The number of hydrogen-bond donors (Lipinski definition) is 4. The first-order chi connectivity index (χ1) is 17.4. The molecule has 1 saturated heterocycles. The second-order valence-electron chi connectivity index (χ2n) is 10.9. The van der Waals surface area contributed by atoms with Gasteiger partial charge in [0.1, 0.15) is 6.04 Å². The van der Waals surface area contributed by atoms with Crippen molar-refractivity contribution in [2.24, 2.45) is 11.3 Å². The van der Waals surface area contributed by atoms with Crippen molar-refractivity contribution in [2.75, 3.05) is 6.54 Å². The van der Waals surface area contributed by atoms with Crippen LogP contribution in [0.3, 0.4) is 0 Å². The lowest BCUT2D eigenvalue weighted by atomic mass is 9.87. The zero-order valence-corrected chi connectivity index (χ0v) is 22.2. The summed E-state index contributed by atoms with van der Waals surface area (Å²) in [5.41, 5.74) is 0.433. The number of carbonyl (C=O) groups excluding carboxylic acids is 5. The molecule has 1 saturated carbocycles. The van der Waals surface area contributed by atoms with Gasteiger partial charge < -0.3 is 21.3 Å². The van der Waals surface area contributed by atoms with E-state index in [0.29, 0.717) is 24.4 Å². The molecule has 3 atom stereocenters. The molecule has 0 radical (unpaired) electrons. The van der Waals surface area contributed by atoms with Crippen molar-refractivity contribution in [1.82, 2.24) is 21.3 Å². The summed E-state index contributed by atoms with van der Waals surface area (Å²) >= 11 is 5.89. The number of Topliss-reactive ketones (excluding diaryl/α,β-unsaturated/α-hetero) is 1. The molecule has 1 aliphatic heterocycles. The van der Waals surface area contributed by atoms with Crippen LogP contribution in [0.5, 0.6) is 0 Å². The normalized spacial score (nSPS) is 19.1. The van der Waals surface area contributed by atoms with Crippen LogP contribution in [0.25, 0.3) is 6.08 Å². The number of nitrogens with one attached hydrogen (secondary N) is 4. The maximum Gasteiger partial charge on any atom is 0.289 e. The predicted molar refractivity (Wildman–Crippen MR) is 140 cm³/mol. The van der Waals surface area contributed by atoms with E-state index in [1.807, 2.05) is 20.8 Å². The molecule has 4 N–H and O–H groups in total. The summed E-state index contributed by atoms with van der Waals surface area (Å²) in [5.74, 6) is -3.32. The zero-order valence-electron chi connectivity index (χ0n) is 21.4. The Labute approximate surface area is 222 Å². The standard InChI is InChI=1S/C27H35ClN4O5/c1-27(2,3)15-21(31-22(33)11-6-16-4-7-18(28)8-5-16)25(36)32-20(14-17-12-13-29-24(17)35)23(34)26(37)30-19-9-10-19/h4-8,11,17,19-21H,9-10,12-15H2,1-3H3,(H,29,35)(H,30,37)(H,31,33)(H,32,36)/b11-6+/t17-,20?,21-/m0/s1. The molecule has 0 spiro atoms. The van der Waals surface area contributed by atoms with Gasteiger partial charge in [0.05, 0.1) is 6.04 Å². The number of carbonyl (C=O) groups is 5. The molecule has 4 amide bonds. The molecular formula is C27H35ClN4O5. The van der Waals surface area contributed by atoms with Crippen molar-refractivity contribution in [2.45, 2.75) is 71.0 Å². The molecule has 0 aromatic heterocycles. The Balaban J connectivity index is 1.72. The van der Waals surface area contributed by atoms with E-state index in [1.165, 1.54) is 6.08 Å². The van der Waals surface area contributed by atoms with Crippen molar-refractivity contribution >= 4 is 47.1 Å². The Kier molecular flexibility index (Phi) is 9.48. The number of rotatable bonds is 11. The van der Waals surface area contributed by atoms with E-state index in [1.54, 1.807) is 30.3 Å². The van der Waals surface area contributed by atoms with E-state index < -0.39 is 41.5 Å². The van der Waals surface area contributed by atoms with Crippen molar-refractivity contribution < 1.29 is 24.0 Å². The molecule has 3 rings (SSSR count). The van der Waals surface area contributed by atoms with Crippen LogP contribution in [-0.4, -0.2) is 54.1 Å². The van der Waals surface area contributed by atoms with Gasteiger partial charge in [-0.15, -0.1) is 0 Å². The zero-order chi connectivity index (χ0) is 27.2. The minimum absolute atomic E-state index is 0.0150. The molecule has 1 aromatic rings. The lowest BCUT2D eigenvalue weighted by molar-refractivity contribution is -0.141. The van der Waals surface area contributed by atoms with Crippen LogP contribution in [0.2, 0.25) is 5.02 Å². The summed E-state index contributed by atoms with van der Waals surface area (Å²) in [6.45, 7) is 6.27. The maximum absolute atomic E-state index is 13.3. The van der Waals surface area contributed by atoms with Gasteiger partial charge in [-0.3, -0.25) is 24.0 Å². The third-order valence-electron chi connectivity index (χ3n) is 6.20. The molecule has 10 heteroatoms. The Bertz CT molecular complexity index is 1060. The second-order valence-corrected chi connectivity index (χ2v) is 11.3. The van der Waals surface area contributed by atoms with E-state index in [-0.39, 0.29) is 23.8 Å². The maximum atomic E-state index is 13.3. The van der Waals surface area contributed by atoms with E-state index in [9.17, 15) is 24.0 Å². The number of halogens is 1. The summed E-state index contributed by atoms with van der Waals surface area (Å²) in [6, 6.07) is 4.77. The molecule has 1 aliphatic carbocycles. The van der Waals surface area contributed by atoms with Crippen LogP contribution in [0.4, 0.5) is 0 Å². The van der Waals surface area contributed by atoms with Crippen LogP contribution in [-0.2, 0) is 24.0 Å². The highest BCUT2D eigenvalue weighted by atomic mass is 35.5. The third kappa shape index (κ3) is 9.31. The Hall–Kier alpha value is -3.20. The van der Waals surface area contributed by atoms with E-state index in [2.05, 4.69) is 21.3 Å². The molecule has 1 heterocycles. The fourth-order valence-electron chi connectivity index (χ4n) is 4.09. The summed E-state index contributed by atoms with van der Waals surface area (Å²) in [5, 5.41) is 11.3. The van der Waals surface area contributed by atoms with E-state index >= 15 is 0 Å². The van der Waals surface area contributed by atoms with Crippen LogP contribution in [0, 0.1) is 11.3 Å². The summed E-state index contributed by atoms with van der Waals surface area (Å²) < 4.78 is 0. The highest BCUT2D eigenvalue weighted by Crippen LogP contribution is 2.23. The van der Waals surface area contributed by atoms with Gasteiger partial charge in [0.2, 0.25) is 23.5 Å². The highest BCUT2D eigenvalue weighted by molar-refractivity contribution is 6.38. The number of ketones is 1. The largest absolute Gasteiger partial charge is 0.356 e. The van der Waals surface area contributed by atoms with Gasteiger partial charge in [-0.05, 0) is 61.3 Å². The molecule has 37 heavy (non-hydrogen) atoms. The molecule has 1 aromatic carbocycles. The fraction of sp³-hybridized carbons (Fsp3) is 0.519. The van der Waals surface area contributed by atoms with Gasteiger partial charge in [-0.1, -0.05) is 44.5 Å². The van der Waals surface area contributed by atoms with Crippen LogP contribution in [0.15, 0.2) is 30.3 Å². The first kappa shape index (κ1) is 28.4. The number of hydrogen-bond acceptors (Lipinski definition) is 5. The van der Waals surface area contributed by atoms with Crippen LogP contribution >= 0.6 is 11.6 Å². The Morgan fingerprint density at radius 1 is 1.05 bits per heavy atom. The van der Waals surface area contributed by atoms with Crippen molar-refractivity contribution in [3.63, 3.8) is 0 Å². The monoisotopic (exact) mass is 530 g/mol. The minimum Gasteiger partial charge on any atom is -0.356 e. The lowest BCUT2D eigenvalue weighted by Crippen LogP contribution is -2.55. The quantitative estimate of drug-likeness (QED) is 0.257. The van der Waals surface area contributed by atoms with E-state index in [0.717, 1.165) is 18.4 Å². The molecule has 0 bridgehead atoms. The Morgan fingerprint density at radius 3 is 2.30 bits per heavy atom. The van der Waals surface area contributed by atoms with Gasteiger partial charge in [0.15, 0.2) is 0 Å². The second kappa shape index (κ2) is 12.4. The van der Waals surface area contributed by atoms with Gasteiger partial charge in [0.25, 0.3) is 5.91 Å². The summed E-state index contributed by atoms with van der Waals surface area (Å²) in [6.07, 6.45) is 5.36. The average Bonchev–Trinajstić information content (AvgIpc) is 3.55. The van der Waals surface area contributed by atoms with E-state index in [4.69, 9.17) is 11.6 Å². The average molecular weight is 531 g/mol. The number of benzene rings is 1. The van der Waals surface area contributed by atoms with Gasteiger partial charge >= 0.3 is 0 Å². The first-order valence-corrected chi connectivity index (χ1v) is 13.0. The predicted octanol–water partition coefficient (Wildman–Crippen LogP) is 2.13. The van der Waals surface area contributed by atoms with Gasteiger partial charge in [-0.2, -0.15) is 0 Å². The first-order valence-electron chi connectivity index (χ1n) is 12.6. The molecule has 2 fully saturated rings. The fourth-order valence-corrected chi connectivity index (χ4v) is 4.21. The smallest absolute Gasteiger partial charge is 0.289 e. The third-order valence-corrected chi connectivity index (χ3v) is 6.45. The summed E-state index contributed by atoms with van der Waals surface area (Å²) in [4.78, 5) is 63.6.